The maximum atomic E-state index is 13.3. The Kier molecular flexibility index (Phi) is 7.10. The van der Waals surface area contributed by atoms with Crippen LogP contribution in [0.1, 0.15) is 21.6 Å². The largest absolute Gasteiger partial charge is 0.497 e. The molecule has 11 nitrogen and oxygen atoms in total. The van der Waals surface area contributed by atoms with Crippen molar-refractivity contribution < 1.29 is 32.2 Å². The molecular weight excluding hydrogens is 507 g/mol. The smallest absolute Gasteiger partial charge is 0.435 e. The fourth-order valence-corrected chi connectivity index (χ4v) is 3.41. The first-order valence-corrected chi connectivity index (χ1v) is 10.7. The maximum Gasteiger partial charge on any atom is 0.435 e. The van der Waals surface area contributed by atoms with Crippen LogP contribution in [0.2, 0.25) is 0 Å². The SMILES string of the molecule is COC(=O)c1cc(-c2cnc(Nc3cc(C#N)cc(OC)c3)nc2-n2ccc(C(F)(F)F)n2)cnc1OC. The second kappa shape index (κ2) is 10.4. The van der Waals surface area contributed by atoms with Gasteiger partial charge in [0, 0.05) is 41.5 Å². The molecule has 0 unspecified atom stereocenters. The Labute approximate surface area is 213 Å². The first-order chi connectivity index (χ1) is 18.2. The maximum absolute atomic E-state index is 13.3. The Morgan fingerprint density at radius 1 is 1.08 bits per heavy atom. The highest BCUT2D eigenvalue weighted by atomic mass is 19.4. The predicted molar refractivity (Wildman–Crippen MR) is 126 cm³/mol. The van der Waals surface area contributed by atoms with Crippen LogP contribution in [0, 0.1) is 11.3 Å². The highest BCUT2D eigenvalue weighted by Crippen LogP contribution is 2.32. The second-order valence-corrected chi connectivity index (χ2v) is 7.53. The molecular formula is C24H18F3N7O4. The fraction of sp³-hybridized carbons (Fsp3) is 0.167. The lowest BCUT2D eigenvalue weighted by Crippen LogP contribution is -2.10. The normalized spacial score (nSPS) is 11.0. The van der Waals surface area contributed by atoms with Crippen molar-refractivity contribution in [2.45, 2.75) is 6.18 Å². The van der Waals surface area contributed by atoms with Crippen molar-refractivity contribution in [3.63, 3.8) is 0 Å². The van der Waals surface area contributed by atoms with Crippen molar-refractivity contribution >= 4 is 17.6 Å². The average molecular weight is 525 g/mol. The van der Waals surface area contributed by atoms with E-state index in [2.05, 4.69) is 25.4 Å². The minimum Gasteiger partial charge on any atom is -0.497 e. The van der Waals surface area contributed by atoms with Crippen molar-refractivity contribution in [2.75, 3.05) is 26.6 Å². The number of methoxy groups -OCH3 is 3. The molecule has 0 saturated heterocycles. The number of alkyl halides is 3. The van der Waals surface area contributed by atoms with Gasteiger partial charge in [0.15, 0.2) is 11.5 Å². The molecule has 1 aromatic carbocycles. The lowest BCUT2D eigenvalue weighted by Gasteiger charge is -2.13. The number of carbonyl (C=O) groups is 1. The molecule has 0 aliphatic carbocycles. The van der Waals surface area contributed by atoms with Crippen LogP contribution in [0.4, 0.5) is 24.8 Å². The van der Waals surface area contributed by atoms with Gasteiger partial charge in [0.25, 0.3) is 0 Å². The van der Waals surface area contributed by atoms with Crippen molar-refractivity contribution in [1.82, 2.24) is 24.7 Å². The topological polar surface area (TPSA) is 137 Å². The third-order valence-corrected chi connectivity index (χ3v) is 5.15. The number of nitrogens with one attached hydrogen (secondary N) is 1. The van der Waals surface area contributed by atoms with Crippen LogP contribution >= 0.6 is 0 Å². The van der Waals surface area contributed by atoms with Gasteiger partial charge in [0.2, 0.25) is 11.8 Å². The summed E-state index contributed by atoms with van der Waals surface area (Å²) in [6.07, 6.45) is -0.922. The number of halogens is 3. The van der Waals surface area contributed by atoms with Gasteiger partial charge in [-0.3, -0.25) is 0 Å². The molecule has 38 heavy (non-hydrogen) atoms. The van der Waals surface area contributed by atoms with Gasteiger partial charge >= 0.3 is 12.1 Å². The number of pyridine rings is 1. The standard InChI is InChI=1S/C24H18F3N7O4/c1-36-16-7-13(10-28)6-15(9-16)31-23-30-12-18(14-8-17(22(35)38-3)21(37-2)29-11-14)20(32-23)34-5-4-19(33-34)24(25,26)27/h4-9,11-12H,1-3H3,(H,30,31,32). The summed E-state index contributed by atoms with van der Waals surface area (Å²) in [5.41, 5.74) is 0.0324. The lowest BCUT2D eigenvalue weighted by molar-refractivity contribution is -0.141. The summed E-state index contributed by atoms with van der Waals surface area (Å²) in [5.74, 6) is -0.415. The van der Waals surface area contributed by atoms with Crippen LogP contribution in [-0.4, -0.2) is 52.0 Å². The molecule has 3 heterocycles. The van der Waals surface area contributed by atoms with E-state index in [-0.39, 0.29) is 34.3 Å². The first kappa shape index (κ1) is 25.9. The Morgan fingerprint density at radius 3 is 2.50 bits per heavy atom. The number of nitriles is 1. The molecule has 0 fully saturated rings. The quantitative estimate of drug-likeness (QED) is 0.350. The van der Waals surface area contributed by atoms with Gasteiger partial charge in [-0.2, -0.15) is 28.5 Å². The molecule has 3 aromatic heterocycles. The number of aromatic nitrogens is 5. The lowest BCUT2D eigenvalue weighted by atomic mass is 10.1. The molecule has 1 N–H and O–H groups in total. The molecule has 4 rings (SSSR count). The molecule has 194 valence electrons. The van der Waals surface area contributed by atoms with E-state index < -0.39 is 17.8 Å². The summed E-state index contributed by atoms with van der Waals surface area (Å²) in [6.45, 7) is 0. The van der Waals surface area contributed by atoms with Gasteiger partial charge in [-0.25, -0.2) is 19.4 Å². The van der Waals surface area contributed by atoms with E-state index in [4.69, 9.17) is 14.2 Å². The molecule has 0 radical (unpaired) electrons. The van der Waals surface area contributed by atoms with Gasteiger partial charge in [-0.15, -0.1) is 0 Å². The molecule has 0 spiro atoms. The highest BCUT2D eigenvalue weighted by molar-refractivity contribution is 5.93. The Morgan fingerprint density at radius 2 is 1.87 bits per heavy atom. The number of benzene rings is 1. The highest BCUT2D eigenvalue weighted by Gasteiger charge is 2.34. The number of esters is 1. The molecule has 4 aromatic rings. The van der Waals surface area contributed by atoms with E-state index in [1.54, 1.807) is 6.07 Å². The Balaban J connectivity index is 1.86. The number of anilines is 2. The summed E-state index contributed by atoms with van der Waals surface area (Å²) in [4.78, 5) is 25.0. The van der Waals surface area contributed by atoms with E-state index in [1.807, 2.05) is 6.07 Å². The van der Waals surface area contributed by atoms with Gasteiger partial charge in [-0.1, -0.05) is 0 Å². The zero-order chi connectivity index (χ0) is 27.4. The van der Waals surface area contributed by atoms with Crippen LogP contribution in [-0.2, 0) is 10.9 Å². The van der Waals surface area contributed by atoms with E-state index >= 15 is 0 Å². The zero-order valence-electron chi connectivity index (χ0n) is 20.1. The van der Waals surface area contributed by atoms with Crippen molar-refractivity contribution in [2.24, 2.45) is 0 Å². The van der Waals surface area contributed by atoms with E-state index in [0.717, 1.165) is 16.9 Å². The molecule has 0 aliphatic rings. The first-order valence-electron chi connectivity index (χ1n) is 10.7. The van der Waals surface area contributed by atoms with Crippen molar-refractivity contribution in [3.8, 4) is 34.6 Å². The molecule has 0 bridgehead atoms. The monoisotopic (exact) mass is 525 g/mol. The summed E-state index contributed by atoms with van der Waals surface area (Å²) in [6, 6.07) is 8.83. The van der Waals surface area contributed by atoms with Crippen LogP contribution in [0.25, 0.3) is 16.9 Å². The Hall–Kier alpha value is -5.19. The van der Waals surface area contributed by atoms with E-state index in [9.17, 15) is 23.2 Å². The summed E-state index contributed by atoms with van der Waals surface area (Å²) >= 11 is 0. The minimum atomic E-state index is -4.69. The summed E-state index contributed by atoms with van der Waals surface area (Å²) in [5, 5.41) is 15.8. The predicted octanol–water partition coefficient (Wildman–Crippen LogP) is 4.16. The van der Waals surface area contributed by atoms with Crippen LogP contribution in [0.5, 0.6) is 11.6 Å². The Bertz CT molecular complexity index is 1550. The van der Waals surface area contributed by atoms with Crippen LogP contribution in [0.3, 0.4) is 0 Å². The second-order valence-electron chi connectivity index (χ2n) is 7.53. The molecule has 0 aliphatic heterocycles. The van der Waals surface area contributed by atoms with Crippen molar-refractivity contribution in [3.05, 3.63) is 65.7 Å². The average Bonchev–Trinajstić information content (AvgIpc) is 3.43. The van der Waals surface area contributed by atoms with Crippen LogP contribution < -0.4 is 14.8 Å². The van der Waals surface area contributed by atoms with Gasteiger partial charge < -0.3 is 19.5 Å². The minimum absolute atomic E-state index is 0.00822. The van der Waals surface area contributed by atoms with E-state index in [1.165, 1.54) is 51.9 Å². The number of carbonyl (C=O) groups excluding carboxylic acids is 1. The van der Waals surface area contributed by atoms with Gasteiger partial charge in [0.05, 0.1) is 33.0 Å². The third kappa shape index (κ3) is 5.31. The van der Waals surface area contributed by atoms with Crippen LogP contribution in [0.15, 0.2) is 48.9 Å². The number of rotatable bonds is 7. The number of ether oxygens (including phenoxy) is 3. The number of hydrogen-bond acceptors (Lipinski definition) is 10. The number of nitrogens with zero attached hydrogens (tertiary/aromatic N) is 6. The summed E-state index contributed by atoms with van der Waals surface area (Å²) in [7, 11) is 3.94. The number of hydrogen-bond donors (Lipinski definition) is 1. The molecule has 0 atom stereocenters. The molecule has 0 amide bonds. The van der Waals surface area contributed by atoms with Gasteiger partial charge in [0.1, 0.15) is 11.3 Å². The molecule has 0 saturated carbocycles. The van der Waals surface area contributed by atoms with Crippen molar-refractivity contribution in [1.29, 1.82) is 5.26 Å². The fourth-order valence-electron chi connectivity index (χ4n) is 3.41. The molecule has 14 heteroatoms. The van der Waals surface area contributed by atoms with E-state index in [0.29, 0.717) is 17.0 Å². The summed E-state index contributed by atoms with van der Waals surface area (Å²) < 4.78 is 55.8. The third-order valence-electron chi connectivity index (χ3n) is 5.15. The van der Waals surface area contributed by atoms with Gasteiger partial charge in [-0.05, 0) is 24.3 Å². The zero-order valence-corrected chi connectivity index (χ0v) is 20.1.